The highest BCUT2D eigenvalue weighted by atomic mass is 16.5. The molecule has 0 heterocycles. The van der Waals surface area contributed by atoms with Gasteiger partial charge in [0.15, 0.2) is 5.78 Å². The van der Waals surface area contributed by atoms with Gasteiger partial charge in [0.05, 0.1) is 19.3 Å². The van der Waals surface area contributed by atoms with Crippen molar-refractivity contribution in [3.63, 3.8) is 0 Å². The summed E-state index contributed by atoms with van der Waals surface area (Å²) in [6.07, 6.45) is 4.73. The Labute approximate surface area is 107 Å². The first kappa shape index (κ1) is 14.3. The number of ether oxygens (including phenoxy) is 1. The number of aliphatic hydroxyl groups excluding tert-OH is 1. The van der Waals surface area contributed by atoms with E-state index < -0.39 is 0 Å². The number of aliphatic hydroxyl groups is 1. The molecule has 0 saturated heterocycles. The predicted molar refractivity (Wildman–Crippen MR) is 69.0 cm³/mol. The Balaban J connectivity index is 2.98. The van der Waals surface area contributed by atoms with Crippen LogP contribution in [-0.2, 0) is 6.61 Å². The lowest BCUT2D eigenvalue weighted by Crippen LogP contribution is -2.02. The summed E-state index contributed by atoms with van der Waals surface area (Å²) in [6.45, 7) is 1.65. The van der Waals surface area contributed by atoms with Crippen molar-refractivity contribution in [3.8, 4) is 11.5 Å². The first-order valence-corrected chi connectivity index (χ1v) is 5.79. The quantitative estimate of drug-likeness (QED) is 0.601. The van der Waals surface area contributed by atoms with Crippen LogP contribution in [0.15, 0.2) is 24.3 Å². The van der Waals surface area contributed by atoms with Crippen molar-refractivity contribution in [3.05, 3.63) is 35.4 Å². The molecular weight excluding hydrogens is 232 g/mol. The van der Waals surface area contributed by atoms with E-state index in [1.54, 1.807) is 0 Å². The summed E-state index contributed by atoms with van der Waals surface area (Å²) in [4.78, 5) is 11.9. The molecule has 0 saturated carbocycles. The monoisotopic (exact) mass is 250 g/mol. The van der Waals surface area contributed by atoms with Gasteiger partial charge in [0.2, 0.25) is 0 Å². The van der Waals surface area contributed by atoms with Gasteiger partial charge in [-0.2, -0.15) is 0 Å². The summed E-state index contributed by atoms with van der Waals surface area (Å²) in [6, 6.07) is 2.83. The van der Waals surface area contributed by atoms with Crippen LogP contribution in [0.4, 0.5) is 0 Å². The van der Waals surface area contributed by atoms with E-state index in [2.05, 4.69) is 0 Å². The van der Waals surface area contributed by atoms with Crippen LogP contribution in [0.3, 0.4) is 0 Å². The van der Waals surface area contributed by atoms with Crippen LogP contribution < -0.4 is 4.74 Å². The van der Waals surface area contributed by atoms with Crippen molar-refractivity contribution in [1.29, 1.82) is 0 Å². The second-order valence-corrected chi connectivity index (χ2v) is 3.87. The number of ketones is 1. The summed E-state index contributed by atoms with van der Waals surface area (Å²) in [5.41, 5.74) is 0.717. The number of carbonyl (C=O) groups is 1. The number of allylic oxidation sites excluding steroid dienone is 2. The summed E-state index contributed by atoms with van der Waals surface area (Å²) in [5, 5.41) is 18.9. The number of hydrogen-bond donors (Lipinski definition) is 2. The molecule has 0 bridgehead atoms. The molecule has 98 valence electrons. The number of phenols is 1. The molecule has 2 N–H and O–H groups in total. The number of hydrogen-bond acceptors (Lipinski definition) is 4. The van der Waals surface area contributed by atoms with Gasteiger partial charge in [-0.25, -0.2) is 0 Å². The molecule has 0 atom stereocenters. The Bertz CT molecular complexity index is 449. The minimum absolute atomic E-state index is 0.116. The van der Waals surface area contributed by atoms with E-state index in [-0.39, 0.29) is 23.7 Å². The van der Waals surface area contributed by atoms with Crippen molar-refractivity contribution in [2.45, 2.75) is 26.4 Å². The molecule has 0 fully saturated rings. The standard InChI is InChI=1S/C14H18O4/c1-3-4-5-6-12(16)11-7-10(9-15)14(18-2)8-13(11)17/h3-4,7-8,15,17H,5-6,9H2,1-2H3. The van der Waals surface area contributed by atoms with Gasteiger partial charge in [0, 0.05) is 18.1 Å². The summed E-state index contributed by atoms with van der Waals surface area (Å²) >= 11 is 0. The normalized spacial score (nSPS) is 10.8. The molecule has 4 nitrogen and oxygen atoms in total. The maximum Gasteiger partial charge on any atom is 0.166 e. The van der Waals surface area contributed by atoms with Gasteiger partial charge in [-0.15, -0.1) is 0 Å². The van der Waals surface area contributed by atoms with Crippen molar-refractivity contribution < 1.29 is 19.7 Å². The van der Waals surface area contributed by atoms with Crippen LogP contribution in [-0.4, -0.2) is 23.1 Å². The van der Waals surface area contributed by atoms with E-state index in [1.807, 2.05) is 19.1 Å². The fourth-order valence-corrected chi connectivity index (χ4v) is 1.67. The molecule has 1 aromatic rings. The van der Waals surface area contributed by atoms with Crippen molar-refractivity contribution in [2.24, 2.45) is 0 Å². The van der Waals surface area contributed by atoms with E-state index in [1.165, 1.54) is 19.2 Å². The third kappa shape index (κ3) is 3.34. The number of aromatic hydroxyl groups is 1. The van der Waals surface area contributed by atoms with Gasteiger partial charge in [0.25, 0.3) is 0 Å². The van der Waals surface area contributed by atoms with Gasteiger partial charge in [0.1, 0.15) is 11.5 Å². The molecule has 0 unspecified atom stereocenters. The minimum atomic E-state index is -0.238. The van der Waals surface area contributed by atoms with Crippen molar-refractivity contribution >= 4 is 5.78 Å². The number of carbonyl (C=O) groups excluding carboxylic acids is 1. The van der Waals surface area contributed by atoms with Crippen LogP contribution in [0.25, 0.3) is 0 Å². The molecule has 0 aliphatic heterocycles. The van der Waals surface area contributed by atoms with Gasteiger partial charge in [-0.1, -0.05) is 12.2 Å². The highest BCUT2D eigenvalue weighted by Crippen LogP contribution is 2.29. The van der Waals surface area contributed by atoms with Crippen LogP contribution in [0.5, 0.6) is 11.5 Å². The Morgan fingerprint density at radius 1 is 1.44 bits per heavy atom. The van der Waals surface area contributed by atoms with Gasteiger partial charge >= 0.3 is 0 Å². The molecule has 0 radical (unpaired) electrons. The number of methoxy groups -OCH3 is 1. The molecular formula is C14H18O4. The van der Waals surface area contributed by atoms with E-state index in [0.29, 0.717) is 24.2 Å². The molecule has 0 amide bonds. The van der Waals surface area contributed by atoms with Gasteiger partial charge < -0.3 is 14.9 Å². The summed E-state index contributed by atoms with van der Waals surface area (Å²) in [7, 11) is 1.45. The van der Waals surface area contributed by atoms with E-state index in [0.717, 1.165) is 0 Å². The lowest BCUT2D eigenvalue weighted by Gasteiger charge is -2.10. The van der Waals surface area contributed by atoms with Crippen LogP contribution >= 0.6 is 0 Å². The van der Waals surface area contributed by atoms with Crippen molar-refractivity contribution in [2.75, 3.05) is 7.11 Å². The first-order valence-electron chi connectivity index (χ1n) is 5.79. The number of phenolic OH excluding ortho intramolecular Hbond substituents is 1. The molecule has 18 heavy (non-hydrogen) atoms. The Kier molecular flexibility index (Phi) is 5.39. The van der Waals surface area contributed by atoms with Crippen LogP contribution in [0, 0.1) is 0 Å². The zero-order valence-electron chi connectivity index (χ0n) is 10.6. The highest BCUT2D eigenvalue weighted by Gasteiger charge is 2.14. The molecule has 1 rings (SSSR count). The second-order valence-electron chi connectivity index (χ2n) is 3.87. The van der Waals surface area contributed by atoms with E-state index in [4.69, 9.17) is 4.74 Å². The minimum Gasteiger partial charge on any atom is -0.507 e. The Morgan fingerprint density at radius 3 is 2.72 bits per heavy atom. The predicted octanol–water partition coefficient (Wildman–Crippen LogP) is 2.43. The SMILES string of the molecule is CC=CCCC(=O)c1cc(CO)c(OC)cc1O. The molecule has 0 aliphatic carbocycles. The highest BCUT2D eigenvalue weighted by molar-refractivity contribution is 5.99. The maximum atomic E-state index is 11.9. The van der Waals surface area contributed by atoms with Crippen molar-refractivity contribution in [1.82, 2.24) is 0 Å². The number of benzene rings is 1. The number of Topliss-reactive ketones (excluding diaryl/α,β-unsaturated/α-hetero) is 1. The molecule has 0 aromatic heterocycles. The lowest BCUT2D eigenvalue weighted by atomic mass is 10.0. The molecule has 0 spiro atoms. The smallest absolute Gasteiger partial charge is 0.166 e. The van der Waals surface area contributed by atoms with Gasteiger partial charge in [-0.05, 0) is 19.4 Å². The topological polar surface area (TPSA) is 66.8 Å². The summed E-state index contributed by atoms with van der Waals surface area (Å²) < 4.78 is 5.01. The second kappa shape index (κ2) is 6.81. The maximum absolute atomic E-state index is 11.9. The lowest BCUT2D eigenvalue weighted by molar-refractivity contribution is 0.0981. The van der Waals surface area contributed by atoms with Crippen LogP contribution in [0.1, 0.15) is 35.7 Å². The van der Waals surface area contributed by atoms with Gasteiger partial charge in [-0.3, -0.25) is 4.79 Å². The first-order chi connectivity index (χ1) is 8.63. The fraction of sp³-hybridized carbons (Fsp3) is 0.357. The molecule has 1 aromatic carbocycles. The zero-order chi connectivity index (χ0) is 13.5. The Hall–Kier alpha value is -1.81. The average molecular weight is 250 g/mol. The largest absolute Gasteiger partial charge is 0.507 e. The fourth-order valence-electron chi connectivity index (χ4n) is 1.67. The third-order valence-corrected chi connectivity index (χ3v) is 2.64. The average Bonchev–Trinajstić information content (AvgIpc) is 2.38. The number of rotatable bonds is 6. The third-order valence-electron chi connectivity index (χ3n) is 2.64. The summed E-state index contributed by atoms with van der Waals surface area (Å²) in [5.74, 6) is 0.109. The Morgan fingerprint density at radius 2 is 2.17 bits per heavy atom. The van der Waals surface area contributed by atoms with E-state index in [9.17, 15) is 15.0 Å². The molecule has 0 aliphatic rings. The zero-order valence-corrected chi connectivity index (χ0v) is 10.6. The van der Waals surface area contributed by atoms with Crippen LogP contribution in [0.2, 0.25) is 0 Å². The van der Waals surface area contributed by atoms with E-state index >= 15 is 0 Å². The molecule has 4 heteroatoms.